The van der Waals surface area contributed by atoms with E-state index in [0.717, 1.165) is 15.7 Å². The van der Waals surface area contributed by atoms with Gasteiger partial charge in [0.15, 0.2) is 5.82 Å². The number of aryl methyl sites for hydroxylation is 1. The Labute approximate surface area is 142 Å². The molecule has 0 unspecified atom stereocenters. The van der Waals surface area contributed by atoms with E-state index in [-0.39, 0.29) is 0 Å². The van der Waals surface area contributed by atoms with E-state index >= 15 is 0 Å². The lowest BCUT2D eigenvalue weighted by atomic mass is 10.2. The summed E-state index contributed by atoms with van der Waals surface area (Å²) >= 11 is 3.38. The van der Waals surface area contributed by atoms with Crippen LogP contribution >= 0.6 is 15.9 Å². The van der Waals surface area contributed by atoms with Gasteiger partial charge in [0.1, 0.15) is 17.8 Å². The van der Waals surface area contributed by atoms with E-state index in [4.69, 9.17) is 10.5 Å². The van der Waals surface area contributed by atoms with E-state index in [9.17, 15) is 0 Å². The summed E-state index contributed by atoms with van der Waals surface area (Å²) in [5, 5.41) is 3.21. The number of hydrogen-bond donors (Lipinski definition) is 2. The zero-order valence-corrected chi connectivity index (χ0v) is 14.0. The summed E-state index contributed by atoms with van der Waals surface area (Å²) in [6.07, 6.45) is 1.42. The molecule has 0 spiro atoms. The molecule has 1 heterocycles. The lowest BCUT2D eigenvalue weighted by Crippen LogP contribution is -2.03. The summed E-state index contributed by atoms with van der Waals surface area (Å²) in [4.78, 5) is 8.31. The molecule has 0 saturated heterocycles. The topological polar surface area (TPSA) is 73.1 Å². The molecule has 3 rings (SSSR count). The number of nitrogens with two attached hydrogens (primary N) is 1. The highest BCUT2D eigenvalue weighted by Crippen LogP contribution is 2.31. The van der Waals surface area contributed by atoms with Crippen LogP contribution in [0.3, 0.4) is 0 Å². The van der Waals surface area contributed by atoms with Gasteiger partial charge in [0.25, 0.3) is 0 Å². The highest BCUT2D eigenvalue weighted by atomic mass is 79.9. The van der Waals surface area contributed by atoms with E-state index in [1.165, 1.54) is 6.33 Å². The number of aromatic nitrogens is 2. The Balaban J connectivity index is 1.86. The first-order chi connectivity index (χ1) is 11.1. The summed E-state index contributed by atoms with van der Waals surface area (Å²) in [5.74, 6) is 1.49. The van der Waals surface area contributed by atoms with Crippen LogP contribution in [0.15, 0.2) is 59.3 Å². The third-order valence-electron chi connectivity index (χ3n) is 3.27. The Morgan fingerprint density at radius 3 is 2.52 bits per heavy atom. The molecule has 0 saturated carbocycles. The van der Waals surface area contributed by atoms with Gasteiger partial charge in [0.2, 0.25) is 5.88 Å². The van der Waals surface area contributed by atoms with Crippen LogP contribution in [0.1, 0.15) is 5.56 Å². The first kappa shape index (κ1) is 15.3. The molecule has 5 nitrogen and oxygen atoms in total. The van der Waals surface area contributed by atoms with Gasteiger partial charge in [-0.2, -0.15) is 4.98 Å². The third-order valence-corrected chi connectivity index (χ3v) is 3.80. The molecule has 0 aliphatic carbocycles. The van der Waals surface area contributed by atoms with Gasteiger partial charge in [-0.05, 0) is 42.8 Å². The van der Waals surface area contributed by atoms with Crippen LogP contribution in [-0.4, -0.2) is 9.97 Å². The number of anilines is 3. The van der Waals surface area contributed by atoms with Crippen LogP contribution in [0.4, 0.5) is 17.2 Å². The standard InChI is InChI=1S/C17H15BrN4O/c1-11-4-2-3-5-14(11)22-16-15(19)17(21-10-20-16)23-13-8-6-12(18)7-9-13/h2-10H,19H2,1H3,(H,20,21,22). The van der Waals surface area contributed by atoms with Crippen LogP contribution < -0.4 is 15.8 Å². The van der Waals surface area contributed by atoms with Crippen molar-refractivity contribution in [1.82, 2.24) is 9.97 Å². The fraction of sp³-hybridized carbons (Fsp3) is 0.0588. The van der Waals surface area contributed by atoms with Crippen LogP contribution in [0, 0.1) is 6.92 Å². The van der Waals surface area contributed by atoms with Crippen molar-refractivity contribution in [3.63, 3.8) is 0 Å². The molecule has 3 N–H and O–H groups in total. The quantitative estimate of drug-likeness (QED) is 0.698. The number of nitrogen functional groups attached to an aromatic ring is 1. The maximum absolute atomic E-state index is 6.14. The van der Waals surface area contributed by atoms with Crippen molar-refractivity contribution in [2.75, 3.05) is 11.1 Å². The number of benzene rings is 2. The lowest BCUT2D eigenvalue weighted by Gasteiger charge is -2.13. The van der Waals surface area contributed by atoms with E-state index < -0.39 is 0 Å². The Morgan fingerprint density at radius 1 is 1.04 bits per heavy atom. The molecule has 0 atom stereocenters. The van der Waals surface area contributed by atoms with E-state index in [2.05, 4.69) is 31.2 Å². The molecule has 3 aromatic rings. The summed E-state index contributed by atoms with van der Waals surface area (Å²) < 4.78 is 6.71. The number of ether oxygens (including phenoxy) is 1. The van der Waals surface area contributed by atoms with Crippen molar-refractivity contribution >= 4 is 33.1 Å². The molecule has 0 bridgehead atoms. The predicted octanol–water partition coefficient (Wildman–Crippen LogP) is 4.67. The number of nitrogens with zero attached hydrogens (tertiary/aromatic N) is 2. The van der Waals surface area contributed by atoms with Gasteiger partial charge in [-0.25, -0.2) is 4.98 Å². The fourth-order valence-electron chi connectivity index (χ4n) is 2.02. The van der Waals surface area contributed by atoms with E-state index in [1.807, 2.05) is 55.5 Å². The summed E-state index contributed by atoms with van der Waals surface area (Å²) in [5.41, 5.74) is 8.53. The van der Waals surface area contributed by atoms with E-state index in [0.29, 0.717) is 23.1 Å². The number of hydrogen-bond acceptors (Lipinski definition) is 5. The van der Waals surface area contributed by atoms with Gasteiger partial charge < -0.3 is 15.8 Å². The molecule has 23 heavy (non-hydrogen) atoms. The maximum atomic E-state index is 6.14. The summed E-state index contributed by atoms with van der Waals surface area (Å²) in [6.45, 7) is 2.01. The maximum Gasteiger partial charge on any atom is 0.248 e. The van der Waals surface area contributed by atoms with E-state index in [1.54, 1.807) is 0 Å². The first-order valence-corrected chi connectivity index (χ1v) is 7.79. The number of rotatable bonds is 4. The Hall–Kier alpha value is -2.60. The van der Waals surface area contributed by atoms with Crippen molar-refractivity contribution in [2.45, 2.75) is 6.92 Å². The highest BCUT2D eigenvalue weighted by molar-refractivity contribution is 9.10. The predicted molar refractivity (Wildman–Crippen MR) is 95.1 cm³/mol. The molecule has 0 radical (unpaired) electrons. The van der Waals surface area contributed by atoms with Gasteiger partial charge in [-0.1, -0.05) is 34.1 Å². The lowest BCUT2D eigenvalue weighted by molar-refractivity contribution is 0.464. The zero-order chi connectivity index (χ0) is 16.2. The Bertz CT molecular complexity index is 821. The van der Waals surface area contributed by atoms with Crippen molar-refractivity contribution in [3.05, 3.63) is 64.9 Å². The second-order valence-electron chi connectivity index (χ2n) is 4.94. The molecule has 0 amide bonds. The average molecular weight is 371 g/mol. The SMILES string of the molecule is Cc1ccccc1Nc1ncnc(Oc2ccc(Br)cc2)c1N. The molecule has 0 aliphatic rings. The molecule has 1 aromatic heterocycles. The second kappa shape index (κ2) is 6.66. The minimum Gasteiger partial charge on any atom is -0.437 e. The number of nitrogens with one attached hydrogen (secondary N) is 1. The molecule has 2 aromatic carbocycles. The van der Waals surface area contributed by atoms with Crippen molar-refractivity contribution in [2.24, 2.45) is 0 Å². The summed E-state index contributed by atoms with van der Waals surface area (Å²) in [7, 11) is 0. The van der Waals surface area contributed by atoms with Gasteiger partial charge in [0, 0.05) is 10.2 Å². The number of halogens is 1. The monoisotopic (exact) mass is 370 g/mol. The normalized spacial score (nSPS) is 10.3. The summed E-state index contributed by atoms with van der Waals surface area (Å²) in [6, 6.07) is 15.3. The molecule has 0 fully saturated rings. The molecular weight excluding hydrogens is 356 g/mol. The smallest absolute Gasteiger partial charge is 0.248 e. The van der Waals surface area contributed by atoms with Gasteiger partial charge in [-0.15, -0.1) is 0 Å². The van der Waals surface area contributed by atoms with Crippen LogP contribution in [0.25, 0.3) is 0 Å². The minimum absolute atomic E-state index is 0.318. The molecular formula is C17H15BrN4O. The Kier molecular flexibility index (Phi) is 4.43. The van der Waals surface area contributed by atoms with Crippen molar-refractivity contribution in [1.29, 1.82) is 0 Å². The molecule has 116 valence electrons. The third kappa shape index (κ3) is 3.60. The Morgan fingerprint density at radius 2 is 1.78 bits per heavy atom. The van der Waals surface area contributed by atoms with Gasteiger partial charge in [-0.3, -0.25) is 0 Å². The molecule has 0 aliphatic heterocycles. The van der Waals surface area contributed by atoms with Gasteiger partial charge in [0.05, 0.1) is 0 Å². The molecule has 6 heteroatoms. The van der Waals surface area contributed by atoms with Crippen LogP contribution in [0.2, 0.25) is 0 Å². The first-order valence-electron chi connectivity index (χ1n) is 7.00. The zero-order valence-electron chi connectivity index (χ0n) is 12.5. The highest BCUT2D eigenvalue weighted by Gasteiger charge is 2.11. The van der Waals surface area contributed by atoms with Crippen molar-refractivity contribution in [3.8, 4) is 11.6 Å². The fourth-order valence-corrected chi connectivity index (χ4v) is 2.28. The number of para-hydroxylation sites is 1. The van der Waals surface area contributed by atoms with Crippen LogP contribution in [-0.2, 0) is 0 Å². The largest absolute Gasteiger partial charge is 0.437 e. The second-order valence-corrected chi connectivity index (χ2v) is 5.85. The van der Waals surface area contributed by atoms with Crippen molar-refractivity contribution < 1.29 is 4.74 Å². The minimum atomic E-state index is 0.318. The average Bonchev–Trinajstić information content (AvgIpc) is 2.55. The van der Waals surface area contributed by atoms with Crippen LogP contribution in [0.5, 0.6) is 11.6 Å². The van der Waals surface area contributed by atoms with Gasteiger partial charge >= 0.3 is 0 Å².